The van der Waals surface area contributed by atoms with Gasteiger partial charge in [-0.15, -0.1) is 0 Å². The number of rotatable bonds is 6. The lowest BCUT2D eigenvalue weighted by Crippen LogP contribution is -2.38. The lowest BCUT2D eigenvalue weighted by molar-refractivity contribution is -0.144. The summed E-state index contributed by atoms with van der Waals surface area (Å²) in [5.74, 6) is -0.346. The Morgan fingerprint density at radius 3 is 2.65 bits per heavy atom. The van der Waals surface area contributed by atoms with Gasteiger partial charge in [-0.2, -0.15) is 13.2 Å². The first-order valence-electron chi connectivity index (χ1n) is 5.28. The zero-order valence-electron chi connectivity index (χ0n) is 9.46. The van der Waals surface area contributed by atoms with Gasteiger partial charge in [-0.1, -0.05) is 6.92 Å². The minimum atomic E-state index is -4.29. The van der Waals surface area contributed by atoms with Crippen LogP contribution in [-0.4, -0.2) is 36.5 Å². The Morgan fingerprint density at radius 1 is 1.47 bits per heavy atom. The standard InChI is InChI=1S/C11H14F3NO2/c1-2-5-15(8-11(12,13)14)7-9(16)10-4-3-6-17-10/h3-4,6H,2,5,7-8H2,1H3. The summed E-state index contributed by atoms with van der Waals surface area (Å²) >= 11 is 0. The molecule has 1 aromatic rings. The Labute approximate surface area is 97.2 Å². The number of carbonyl (C=O) groups excluding carboxylic acids is 1. The van der Waals surface area contributed by atoms with E-state index in [1.54, 1.807) is 6.92 Å². The maximum Gasteiger partial charge on any atom is 0.401 e. The summed E-state index contributed by atoms with van der Waals surface area (Å²) in [5, 5.41) is 0. The highest BCUT2D eigenvalue weighted by molar-refractivity contribution is 5.94. The van der Waals surface area contributed by atoms with Crippen molar-refractivity contribution in [3.63, 3.8) is 0 Å². The molecule has 1 heterocycles. The highest BCUT2D eigenvalue weighted by Crippen LogP contribution is 2.17. The maximum absolute atomic E-state index is 12.2. The van der Waals surface area contributed by atoms with Crippen LogP contribution in [0.25, 0.3) is 0 Å². The van der Waals surface area contributed by atoms with Crippen molar-refractivity contribution >= 4 is 5.78 Å². The first-order valence-corrected chi connectivity index (χ1v) is 5.28. The van der Waals surface area contributed by atoms with E-state index >= 15 is 0 Å². The van der Waals surface area contributed by atoms with Crippen LogP contribution in [0.2, 0.25) is 0 Å². The first-order chi connectivity index (χ1) is 7.92. The molecule has 1 aromatic heterocycles. The molecular formula is C11H14F3NO2. The smallest absolute Gasteiger partial charge is 0.401 e. The number of furan rings is 1. The maximum atomic E-state index is 12.2. The van der Waals surface area contributed by atoms with E-state index in [4.69, 9.17) is 4.42 Å². The second kappa shape index (κ2) is 5.86. The molecule has 1 rings (SSSR count). The number of alkyl halides is 3. The van der Waals surface area contributed by atoms with Gasteiger partial charge in [0.25, 0.3) is 0 Å². The molecule has 17 heavy (non-hydrogen) atoms. The van der Waals surface area contributed by atoms with E-state index in [2.05, 4.69) is 0 Å². The normalized spacial score (nSPS) is 12.1. The average molecular weight is 249 g/mol. The van der Waals surface area contributed by atoms with E-state index in [-0.39, 0.29) is 18.8 Å². The fourth-order valence-electron chi connectivity index (χ4n) is 1.50. The van der Waals surface area contributed by atoms with Crippen LogP contribution in [0, 0.1) is 0 Å². The summed E-state index contributed by atoms with van der Waals surface area (Å²) in [6, 6.07) is 2.97. The molecule has 0 radical (unpaired) electrons. The molecular weight excluding hydrogens is 235 g/mol. The van der Waals surface area contributed by atoms with Crippen LogP contribution in [0.15, 0.2) is 22.8 Å². The van der Waals surface area contributed by atoms with Crippen molar-refractivity contribution in [2.24, 2.45) is 0 Å². The van der Waals surface area contributed by atoms with Crippen molar-refractivity contribution in [3.8, 4) is 0 Å². The van der Waals surface area contributed by atoms with Gasteiger partial charge in [0, 0.05) is 0 Å². The zero-order chi connectivity index (χ0) is 12.9. The highest BCUT2D eigenvalue weighted by Gasteiger charge is 2.31. The summed E-state index contributed by atoms with van der Waals surface area (Å²) in [5.41, 5.74) is 0. The summed E-state index contributed by atoms with van der Waals surface area (Å²) in [4.78, 5) is 12.6. The number of ketones is 1. The third-order valence-corrected chi connectivity index (χ3v) is 2.11. The molecule has 3 nitrogen and oxygen atoms in total. The fraction of sp³-hybridized carbons (Fsp3) is 0.545. The Bertz CT molecular complexity index is 346. The second-order valence-corrected chi connectivity index (χ2v) is 3.73. The molecule has 0 bridgehead atoms. The van der Waals surface area contributed by atoms with Crippen molar-refractivity contribution in [1.29, 1.82) is 0 Å². The number of hydrogen-bond acceptors (Lipinski definition) is 3. The molecule has 0 unspecified atom stereocenters. The largest absolute Gasteiger partial charge is 0.461 e. The van der Waals surface area contributed by atoms with Crippen molar-refractivity contribution in [2.45, 2.75) is 19.5 Å². The molecule has 0 saturated carbocycles. The monoisotopic (exact) mass is 249 g/mol. The molecule has 0 aromatic carbocycles. The zero-order valence-corrected chi connectivity index (χ0v) is 9.46. The molecule has 0 aliphatic rings. The van der Waals surface area contributed by atoms with Crippen molar-refractivity contribution in [1.82, 2.24) is 4.90 Å². The SMILES string of the molecule is CCCN(CC(=O)c1ccco1)CC(F)(F)F. The molecule has 96 valence electrons. The number of halogens is 3. The van der Waals surface area contributed by atoms with Crippen LogP contribution in [0.4, 0.5) is 13.2 Å². The summed E-state index contributed by atoms with van der Waals surface area (Å²) in [6.07, 6.45) is -2.42. The van der Waals surface area contributed by atoms with Gasteiger partial charge in [-0.3, -0.25) is 9.69 Å². The van der Waals surface area contributed by atoms with E-state index in [0.717, 1.165) is 4.90 Å². The Hall–Kier alpha value is -1.30. The van der Waals surface area contributed by atoms with Gasteiger partial charge in [0.2, 0.25) is 5.78 Å². The Kier molecular flexibility index (Phi) is 4.74. The minimum Gasteiger partial charge on any atom is -0.461 e. The number of hydrogen-bond donors (Lipinski definition) is 0. The van der Waals surface area contributed by atoms with Gasteiger partial charge in [0.1, 0.15) is 0 Å². The molecule has 6 heteroatoms. The van der Waals surface area contributed by atoms with E-state index in [1.807, 2.05) is 0 Å². The second-order valence-electron chi connectivity index (χ2n) is 3.73. The number of Topliss-reactive ketones (excluding diaryl/α,β-unsaturated/α-hetero) is 1. The summed E-state index contributed by atoms with van der Waals surface area (Å²) in [7, 11) is 0. The van der Waals surface area contributed by atoms with Crippen LogP contribution in [-0.2, 0) is 0 Å². The third kappa shape index (κ3) is 5.04. The predicted molar refractivity (Wildman–Crippen MR) is 55.8 cm³/mol. The molecule has 0 amide bonds. The van der Waals surface area contributed by atoms with Gasteiger partial charge >= 0.3 is 6.18 Å². The predicted octanol–water partition coefficient (Wildman–Crippen LogP) is 2.74. The Morgan fingerprint density at radius 2 is 2.18 bits per heavy atom. The van der Waals surface area contributed by atoms with Gasteiger partial charge < -0.3 is 4.42 Å². The van der Waals surface area contributed by atoms with Crippen LogP contribution in [0.1, 0.15) is 23.9 Å². The van der Waals surface area contributed by atoms with Gasteiger partial charge in [-0.05, 0) is 25.1 Å². The molecule has 0 saturated heterocycles. The molecule has 0 aliphatic carbocycles. The molecule has 0 spiro atoms. The third-order valence-electron chi connectivity index (χ3n) is 2.11. The van der Waals surface area contributed by atoms with Crippen LogP contribution in [0.5, 0.6) is 0 Å². The van der Waals surface area contributed by atoms with Gasteiger partial charge in [0.15, 0.2) is 5.76 Å². The van der Waals surface area contributed by atoms with Gasteiger partial charge in [-0.25, -0.2) is 0 Å². The first kappa shape index (κ1) is 13.8. The quantitative estimate of drug-likeness (QED) is 0.727. The lowest BCUT2D eigenvalue weighted by Gasteiger charge is -2.21. The van der Waals surface area contributed by atoms with E-state index in [9.17, 15) is 18.0 Å². The lowest BCUT2D eigenvalue weighted by atomic mass is 10.2. The highest BCUT2D eigenvalue weighted by atomic mass is 19.4. The Balaban J connectivity index is 2.57. The summed E-state index contributed by atoms with van der Waals surface area (Å²) in [6.45, 7) is 0.640. The van der Waals surface area contributed by atoms with E-state index in [1.165, 1.54) is 18.4 Å². The van der Waals surface area contributed by atoms with Crippen molar-refractivity contribution in [2.75, 3.05) is 19.6 Å². The molecule has 0 atom stereocenters. The molecule has 0 fully saturated rings. The minimum absolute atomic E-state index is 0.0910. The topological polar surface area (TPSA) is 33.5 Å². The molecule has 0 N–H and O–H groups in total. The fourth-order valence-corrected chi connectivity index (χ4v) is 1.50. The summed E-state index contributed by atoms with van der Waals surface area (Å²) < 4.78 is 41.6. The number of nitrogens with zero attached hydrogens (tertiary/aromatic N) is 1. The van der Waals surface area contributed by atoms with Crippen LogP contribution < -0.4 is 0 Å². The number of carbonyl (C=O) groups is 1. The van der Waals surface area contributed by atoms with Crippen molar-refractivity contribution < 1.29 is 22.4 Å². The van der Waals surface area contributed by atoms with Crippen LogP contribution in [0.3, 0.4) is 0 Å². The van der Waals surface area contributed by atoms with E-state index < -0.39 is 18.5 Å². The van der Waals surface area contributed by atoms with Gasteiger partial charge in [0.05, 0.1) is 19.4 Å². The van der Waals surface area contributed by atoms with Crippen molar-refractivity contribution in [3.05, 3.63) is 24.2 Å². The van der Waals surface area contributed by atoms with E-state index in [0.29, 0.717) is 6.42 Å². The van der Waals surface area contributed by atoms with Crippen LogP contribution >= 0.6 is 0 Å². The average Bonchev–Trinajstić information content (AvgIpc) is 2.67. The molecule has 0 aliphatic heterocycles.